The average Bonchev–Trinajstić information content (AvgIpc) is 3.17. The van der Waals surface area contributed by atoms with Gasteiger partial charge in [0.1, 0.15) is 6.10 Å². The number of aliphatic hydroxyl groups is 1. The van der Waals surface area contributed by atoms with E-state index in [9.17, 15) is 5.11 Å². The number of thiophene rings is 1. The third-order valence-corrected chi connectivity index (χ3v) is 5.38. The lowest BCUT2D eigenvalue weighted by Gasteiger charge is -2.13. The molecule has 1 aliphatic heterocycles. The summed E-state index contributed by atoms with van der Waals surface area (Å²) in [6.07, 6.45) is 1.35. The van der Waals surface area contributed by atoms with E-state index in [4.69, 9.17) is 21.1 Å². The molecule has 0 saturated carbocycles. The highest BCUT2D eigenvalue weighted by Gasteiger charge is 2.26. The predicted octanol–water partition coefficient (Wildman–Crippen LogP) is 3.90. The molecule has 0 amide bonds. The molecule has 3 rings (SSSR count). The molecule has 0 bridgehead atoms. The lowest BCUT2D eigenvalue weighted by atomic mass is 10.0. The molecule has 7 heteroatoms. The summed E-state index contributed by atoms with van der Waals surface area (Å²) in [5, 5.41) is 10.7. The molecule has 0 aromatic carbocycles. The van der Waals surface area contributed by atoms with Crippen LogP contribution in [0.3, 0.4) is 0 Å². The van der Waals surface area contributed by atoms with Crippen LogP contribution in [-0.4, -0.2) is 27.7 Å². The zero-order chi connectivity index (χ0) is 15.5. The van der Waals surface area contributed by atoms with Crippen LogP contribution in [0.1, 0.15) is 34.1 Å². The number of halogens is 2. The van der Waals surface area contributed by atoms with E-state index in [0.29, 0.717) is 28.8 Å². The zero-order valence-electron chi connectivity index (χ0n) is 11.7. The monoisotopic (exact) mass is 451 g/mol. The highest BCUT2D eigenvalue weighted by Crippen LogP contribution is 2.39. The number of aryl methyl sites for hydroxylation is 1. The van der Waals surface area contributed by atoms with E-state index in [1.54, 1.807) is 6.20 Å². The Balaban J connectivity index is 1.90. The maximum absolute atomic E-state index is 10.7. The normalized spacial score (nSPS) is 17.0. The average molecular weight is 452 g/mol. The standard InChI is InChI=1S/C15H15ClINO3S/c16-14-10(8-11(22-14)15-20-6-7-21-15)13(19)12-9(3-4-17)2-1-5-18-12/h1-2,5,8,13,15,19H,3-4,6-7H2. The van der Waals surface area contributed by atoms with E-state index in [-0.39, 0.29) is 6.29 Å². The number of pyridine rings is 1. The van der Waals surface area contributed by atoms with Gasteiger partial charge >= 0.3 is 0 Å². The van der Waals surface area contributed by atoms with Crippen molar-refractivity contribution < 1.29 is 14.6 Å². The second kappa shape index (κ2) is 7.55. The Morgan fingerprint density at radius 2 is 2.23 bits per heavy atom. The molecule has 4 nitrogen and oxygen atoms in total. The summed E-state index contributed by atoms with van der Waals surface area (Å²) in [5.41, 5.74) is 2.37. The SMILES string of the molecule is OC(c1cc(C2OCCO2)sc1Cl)c1ncccc1CCI. The van der Waals surface area contributed by atoms with Crippen molar-refractivity contribution in [3.05, 3.63) is 50.4 Å². The van der Waals surface area contributed by atoms with E-state index in [0.717, 1.165) is 21.3 Å². The van der Waals surface area contributed by atoms with Crippen LogP contribution in [0.15, 0.2) is 24.4 Å². The number of ether oxygens (including phenoxy) is 2. The van der Waals surface area contributed by atoms with Gasteiger partial charge in [-0.15, -0.1) is 11.3 Å². The second-order valence-electron chi connectivity index (χ2n) is 4.84. The van der Waals surface area contributed by atoms with E-state index in [2.05, 4.69) is 27.6 Å². The van der Waals surface area contributed by atoms with Gasteiger partial charge < -0.3 is 14.6 Å². The van der Waals surface area contributed by atoms with Gasteiger partial charge in [-0.25, -0.2) is 0 Å². The van der Waals surface area contributed by atoms with Crippen molar-refractivity contribution in [2.45, 2.75) is 18.8 Å². The van der Waals surface area contributed by atoms with Crippen LogP contribution in [-0.2, 0) is 15.9 Å². The summed E-state index contributed by atoms with van der Waals surface area (Å²) in [6.45, 7) is 1.16. The van der Waals surface area contributed by atoms with Crippen LogP contribution in [0.25, 0.3) is 0 Å². The number of alkyl halides is 1. The van der Waals surface area contributed by atoms with Crippen LogP contribution in [0.2, 0.25) is 4.34 Å². The topological polar surface area (TPSA) is 51.6 Å². The number of nitrogens with zero attached hydrogens (tertiary/aromatic N) is 1. The molecule has 22 heavy (non-hydrogen) atoms. The summed E-state index contributed by atoms with van der Waals surface area (Å²) < 4.78 is 12.5. The summed E-state index contributed by atoms with van der Waals surface area (Å²) in [6, 6.07) is 5.74. The third-order valence-electron chi connectivity index (χ3n) is 3.43. The highest BCUT2D eigenvalue weighted by atomic mass is 127. The van der Waals surface area contributed by atoms with Gasteiger partial charge in [0.05, 0.1) is 28.1 Å². The molecular weight excluding hydrogens is 437 g/mol. The Morgan fingerprint density at radius 3 is 2.95 bits per heavy atom. The van der Waals surface area contributed by atoms with Crippen LogP contribution in [0.5, 0.6) is 0 Å². The highest BCUT2D eigenvalue weighted by molar-refractivity contribution is 14.1. The molecule has 1 fully saturated rings. The van der Waals surface area contributed by atoms with E-state index >= 15 is 0 Å². The fourth-order valence-corrected chi connectivity index (χ4v) is 4.30. The first-order valence-electron chi connectivity index (χ1n) is 6.91. The molecule has 0 aliphatic carbocycles. The number of aliphatic hydroxyl groups excluding tert-OH is 1. The molecule has 0 spiro atoms. The molecule has 2 aromatic rings. The molecule has 1 atom stereocenters. The van der Waals surface area contributed by atoms with Crippen LogP contribution in [0.4, 0.5) is 0 Å². The Hall–Kier alpha value is -0.250. The van der Waals surface area contributed by atoms with Gasteiger partial charge in [0, 0.05) is 16.2 Å². The van der Waals surface area contributed by atoms with Crippen LogP contribution < -0.4 is 0 Å². The first-order chi connectivity index (χ1) is 10.7. The maximum atomic E-state index is 10.7. The lowest BCUT2D eigenvalue weighted by Crippen LogP contribution is -2.06. The first-order valence-corrected chi connectivity index (χ1v) is 9.63. The molecule has 3 heterocycles. The minimum atomic E-state index is -0.835. The van der Waals surface area contributed by atoms with Gasteiger partial charge in [-0.1, -0.05) is 40.3 Å². The quantitative estimate of drug-likeness (QED) is 0.553. The largest absolute Gasteiger partial charge is 0.382 e. The van der Waals surface area contributed by atoms with Crippen LogP contribution in [0, 0.1) is 0 Å². The number of hydrogen-bond acceptors (Lipinski definition) is 5. The second-order valence-corrected chi connectivity index (χ2v) is 7.61. The number of aromatic nitrogens is 1. The first kappa shape index (κ1) is 16.6. The van der Waals surface area contributed by atoms with Crippen molar-refractivity contribution in [2.75, 3.05) is 17.6 Å². The summed E-state index contributed by atoms with van der Waals surface area (Å²) in [5.74, 6) is 0. The molecule has 1 N–H and O–H groups in total. The van der Waals surface area contributed by atoms with Crippen molar-refractivity contribution in [2.24, 2.45) is 0 Å². The van der Waals surface area contributed by atoms with Gasteiger partial charge in [0.2, 0.25) is 0 Å². The van der Waals surface area contributed by atoms with Gasteiger partial charge in [0.15, 0.2) is 6.29 Å². The Morgan fingerprint density at radius 1 is 1.45 bits per heavy atom. The Kier molecular flexibility index (Phi) is 5.69. The maximum Gasteiger partial charge on any atom is 0.193 e. The summed E-state index contributed by atoms with van der Waals surface area (Å²) in [4.78, 5) is 5.23. The number of rotatable bonds is 5. The van der Waals surface area contributed by atoms with Crippen molar-refractivity contribution in [1.82, 2.24) is 4.98 Å². The lowest BCUT2D eigenvalue weighted by molar-refractivity contribution is -0.0414. The van der Waals surface area contributed by atoms with Gasteiger partial charge in [0.25, 0.3) is 0 Å². The minimum Gasteiger partial charge on any atom is -0.382 e. The van der Waals surface area contributed by atoms with Gasteiger partial charge in [-0.2, -0.15) is 0 Å². The number of hydrogen-bond donors (Lipinski definition) is 1. The molecule has 118 valence electrons. The van der Waals surface area contributed by atoms with Crippen molar-refractivity contribution in [3.8, 4) is 0 Å². The fourth-order valence-electron chi connectivity index (χ4n) is 2.38. The van der Waals surface area contributed by atoms with Crippen molar-refractivity contribution in [1.29, 1.82) is 0 Å². The Bertz CT molecular complexity index is 645. The molecule has 0 radical (unpaired) electrons. The smallest absolute Gasteiger partial charge is 0.193 e. The summed E-state index contributed by atoms with van der Waals surface area (Å²) >= 11 is 10.0. The van der Waals surface area contributed by atoms with E-state index < -0.39 is 6.10 Å². The minimum absolute atomic E-state index is 0.374. The predicted molar refractivity (Wildman–Crippen MR) is 94.9 cm³/mol. The van der Waals surface area contributed by atoms with Gasteiger partial charge in [-0.3, -0.25) is 4.98 Å². The molecule has 1 unspecified atom stereocenters. The molecular formula is C15H15ClINO3S. The third kappa shape index (κ3) is 3.47. The van der Waals surface area contributed by atoms with Crippen LogP contribution >= 0.6 is 45.5 Å². The molecule has 2 aromatic heterocycles. The summed E-state index contributed by atoms with van der Waals surface area (Å²) in [7, 11) is 0. The zero-order valence-corrected chi connectivity index (χ0v) is 15.4. The van der Waals surface area contributed by atoms with E-state index in [1.165, 1.54) is 11.3 Å². The molecule has 1 aliphatic rings. The van der Waals surface area contributed by atoms with Crippen molar-refractivity contribution in [3.63, 3.8) is 0 Å². The van der Waals surface area contributed by atoms with Crippen molar-refractivity contribution >= 4 is 45.5 Å². The Labute approximate surface area is 151 Å². The fraction of sp³-hybridized carbons (Fsp3) is 0.400. The van der Waals surface area contributed by atoms with Gasteiger partial charge in [-0.05, 0) is 24.1 Å². The molecule has 1 saturated heterocycles. The van der Waals surface area contributed by atoms with E-state index in [1.807, 2.05) is 18.2 Å².